The summed E-state index contributed by atoms with van der Waals surface area (Å²) in [6, 6.07) is 5.27. The molecule has 2 rings (SSSR count). The van der Waals surface area contributed by atoms with Crippen LogP contribution in [-0.4, -0.2) is 69.0 Å². The Hall–Kier alpha value is -2.76. The molecule has 2 aromatic rings. The maximum atomic E-state index is 14.5. The predicted octanol–water partition coefficient (Wildman–Crippen LogP) is 3.29. The molecule has 0 aromatic heterocycles. The van der Waals surface area contributed by atoms with Crippen LogP contribution in [0.2, 0.25) is 0 Å². The highest BCUT2D eigenvalue weighted by atomic mass is 32.3. The number of hydrogen-bond donors (Lipinski definition) is 1. The molecular weight excluding hydrogens is 685 g/mol. The van der Waals surface area contributed by atoms with Crippen LogP contribution in [0.1, 0.15) is 0 Å². The minimum absolute atomic E-state index is 0.355. The molecule has 0 aliphatic rings. The standard InChI is InChI=1S/C19H16F9NO9S4/c1-4-15(30)42(2,3,37)14-10-9-13(11-7-5-6-8-12(11)14)38-41(35,36)18(24,25)16(20,21)17(22,23)39(31,32)29-40(33,34)19(26,27)28/h4-10,29H,1H2,2-3H3. The normalized spacial score (nSPS) is 15.5. The van der Waals surface area contributed by atoms with Crippen LogP contribution in [-0.2, 0) is 44.0 Å². The molecular formula is C19H16F9NO9S4. The van der Waals surface area contributed by atoms with Gasteiger partial charge in [-0.05, 0) is 27.3 Å². The number of rotatable bonds is 10. The fraction of sp³-hybridized carbons (Fsp3) is 0.316. The van der Waals surface area contributed by atoms with Gasteiger partial charge in [-0.15, -0.1) is 0 Å². The average Bonchev–Trinajstić information content (AvgIpc) is 2.81. The van der Waals surface area contributed by atoms with Crippen LogP contribution in [0.15, 0.2) is 53.9 Å². The first kappa shape index (κ1) is 35.4. The van der Waals surface area contributed by atoms with Crippen LogP contribution in [0.5, 0.6) is 5.75 Å². The number of alkyl halides is 9. The largest absolute Gasteiger partial charge is 0.512 e. The van der Waals surface area contributed by atoms with Gasteiger partial charge in [0.2, 0.25) is 5.12 Å². The minimum atomic E-state index is -7.96. The molecule has 0 saturated carbocycles. The van der Waals surface area contributed by atoms with Gasteiger partial charge in [-0.25, -0.2) is 16.8 Å². The lowest BCUT2D eigenvalue weighted by Crippen LogP contribution is -2.64. The SMILES string of the molecule is C=CC(=O)S(C)(C)(=O)c1ccc(OS(=O)(=O)C(F)(F)C(F)(F)C(F)(F)S(=O)(=O)NS(=O)(=O)C(F)(F)F)c2ccccc12. The topological polar surface area (TPSA) is 158 Å². The summed E-state index contributed by atoms with van der Waals surface area (Å²) in [5.74, 6) is -9.02. The Morgan fingerprint density at radius 2 is 1.29 bits per heavy atom. The Kier molecular flexibility index (Phi) is 8.34. The molecule has 0 aliphatic carbocycles. The van der Waals surface area contributed by atoms with Crippen molar-refractivity contribution < 1.29 is 78.0 Å². The van der Waals surface area contributed by atoms with E-state index in [0.717, 1.165) is 30.7 Å². The monoisotopic (exact) mass is 701 g/mol. The molecule has 0 spiro atoms. The molecule has 10 nitrogen and oxygen atoms in total. The summed E-state index contributed by atoms with van der Waals surface area (Å²) in [5.41, 5.74) is -6.72. The molecule has 0 amide bonds. The third-order valence-electron chi connectivity index (χ3n) is 5.34. The van der Waals surface area contributed by atoms with Crippen molar-refractivity contribution in [2.24, 2.45) is 0 Å². The lowest BCUT2D eigenvalue weighted by molar-refractivity contribution is -0.245. The molecule has 1 N–H and O–H groups in total. The van der Waals surface area contributed by atoms with Crippen molar-refractivity contribution >= 4 is 55.1 Å². The van der Waals surface area contributed by atoms with Gasteiger partial charge in [0.1, 0.15) is 0 Å². The van der Waals surface area contributed by atoms with E-state index in [0.29, 0.717) is 18.2 Å². The zero-order chi connectivity index (χ0) is 33.2. The van der Waals surface area contributed by atoms with Crippen molar-refractivity contribution in [3.63, 3.8) is 0 Å². The van der Waals surface area contributed by atoms with Crippen LogP contribution in [0.4, 0.5) is 39.5 Å². The van der Waals surface area contributed by atoms with E-state index in [2.05, 4.69) is 10.8 Å². The van der Waals surface area contributed by atoms with Gasteiger partial charge < -0.3 is 4.18 Å². The Morgan fingerprint density at radius 1 is 0.810 bits per heavy atom. The average molecular weight is 702 g/mol. The van der Waals surface area contributed by atoms with Crippen LogP contribution < -0.4 is 8.31 Å². The first-order valence-electron chi connectivity index (χ1n) is 10.1. The molecule has 42 heavy (non-hydrogen) atoms. The molecule has 0 aliphatic heterocycles. The van der Waals surface area contributed by atoms with E-state index in [1.807, 2.05) is 0 Å². The Bertz CT molecular complexity index is 1860. The Morgan fingerprint density at radius 3 is 1.74 bits per heavy atom. The molecule has 0 bridgehead atoms. The number of sulfonamides is 2. The van der Waals surface area contributed by atoms with Gasteiger partial charge in [-0.1, -0.05) is 35.0 Å². The lowest BCUT2D eigenvalue weighted by atomic mass is 10.1. The number of carbonyl (C=O) groups is 1. The number of fused-ring (bicyclic) bond motifs is 1. The summed E-state index contributed by atoms with van der Waals surface area (Å²) < 4.78 is 209. The molecule has 0 fully saturated rings. The number of benzene rings is 2. The second kappa shape index (κ2) is 9.89. The quantitative estimate of drug-likeness (QED) is 0.223. The van der Waals surface area contributed by atoms with E-state index in [9.17, 15) is 73.8 Å². The summed E-state index contributed by atoms with van der Waals surface area (Å²) in [6.07, 6.45) is 2.57. The van der Waals surface area contributed by atoms with Gasteiger partial charge in [0.05, 0.1) is 0 Å². The van der Waals surface area contributed by atoms with Crippen LogP contribution in [0.25, 0.3) is 10.8 Å². The lowest BCUT2D eigenvalue weighted by Gasteiger charge is -2.33. The predicted molar refractivity (Wildman–Crippen MR) is 129 cm³/mol. The third kappa shape index (κ3) is 5.39. The van der Waals surface area contributed by atoms with Gasteiger partial charge in [-0.3, -0.25) is 9.00 Å². The van der Waals surface area contributed by atoms with Gasteiger partial charge in [0, 0.05) is 28.2 Å². The van der Waals surface area contributed by atoms with Gasteiger partial charge in [0.15, 0.2) is 5.75 Å². The molecule has 0 unspecified atom stereocenters. The fourth-order valence-electron chi connectivity index (χ4n) is 3.09. The molecule has 23 heteroatoms. The first-order chi connectivity index (χ1) is 18.4. The molecule has 2 aromatic carbocycles. The minimum Gasteiger partial charge on any atom is -0.377 e. The van der Waals surface area contributed by atoms with Crippen molar-refractivity contribution in [2.75, 3.05) is 12.5 Å². The highest BCUT2D eigenvalue weighted by Crippen LogP contribution is 2.52. The third-order valence-corrected chi connectivity index (χ3v) is 12.9. The van der Waals surface area contributed by atoms with E-state index < -0.39 is 81.5 Å². The van der Waals surface area contributed by atoms with Gasteiger partial charge in [0.25, 0.3) is 10.0 Å². The fourth-order valence-corrected chi connectivity index (χ4v) is 8.49. The zero-order valence-electron chi connectivity index (χ0n) is 20.5. The highest BCUT2D eigenvalue weighted by Gasteiger charge is 2.83. The van der Waals surface area contributed by atoms with E-state index in [-0.39, 0.29) is 10.3 Å². The van der Waals surface area contributed by atoms with Crippen LogP contribution >= 0.6 is 0 Å². The highest BCUT2D eigenvalue weighted by molar-refractivity contribution is 8.31. The van der Waals surface area contributed by atoms with Crippen molar-refractivity contribution in [1.82, 2.24) is 4.13 Å². The van der Waals surface area contributed by atoms with Crippen molar-refractivity contribution in [3.8, 4) is 5.75 Å². The first-order valence-corrected chi connectivity index (χ1v) is 17.3. The van der Waals surface area contributed by atoms with Crippen LogP contribution in [0, 0.1) is 0 Å². The zero-order valence-corrected chi connectivity index (χ0v) is 23.7. The van der Waals surface area contributed by atoms with E-state index in [1.165, 1.54) is 6.07 Å². The summed E-state index contributed by atoms with van der Waals surface area (Å²) in [7, 11) is -27.4. The van der Waals surface area contributed by atoms with E-state index >= 15 is 0 Å². The van der Waals surface area contributed by atoms with E-state index in [4.69, 9.17) is 0 Å². The van der Waals surface area contributed by atoms with Crippen molar-refractivity contribution in [2.45, 2.75) is 26.8 Å². The second-order valence-electron chi connectivity index (χ2n) is 8.64. The number of nitrogens with one attached hydrogen (secondary N) is 1. The number of hydrogen-bond acceptors (Lipinski definition) is 9. The molecule has 238 valence electrons. The molecule has 0 radical (unpaired) electrons. The second-order valence-corrected chi connectivity index (χ2v) is 18.4. The summed E-state index contributed by atoms with van der Waals surface area (Å²) in [5, 5.41) is -16.9. The molecule has 0 heterocycles. The van der Waals surface area contributed by atoms with Crippen LogP contribution in [0.3, 0.4) is 0 Å². The number of halogens is 9. The molecule has 0 atom stereocenters. The summed E-state index contributed by atoms with van der Waals surface area (Å²) in [6.45, 7) is 3.18. The van der Waals surface area contributed by atoms with Crippen molar-refractivity contribution in [3.05, 3.63) is 49.1 Å². The smallest absolute Gasteiger partial charge is 0.377 e. The van der Waals surface area contributed by atoms with Gasteiger partial charge >= 0.3 is 42.1 Å². The maximum Gasteiger partial charge on any atom is 0.512 e. The Balaban J connectivity index is 2.70. The molecule has 0 saturated heterocycles. The van der Waals surface area contributed by atoms with E-state index in [1.54, 1.807) is 0 Å². The van der Waals surface area contributed by atoms with Gasteiger partial charge in [-0.2, -0.15) is 47.9 Å². The maximum absolute atomic E-state index is 14.5. The number of carbonyl (C=O) groups excluding carboxylic acids is 1. The Labute approximate surface area is 231 Å². The summed E-state index contributed by atoms with van der Waals surface area (Å²) in [4.78, 5) is 12.0. The van der Waals surface area contributed by atoms with Crippen molar-refractivity contribution in [1.29, 1.82) is 0 Å². The summed E-state index contributed by atoms with van der Waals surface area (Å²) >= 11 is 0.